The predicted octanol–water partition coefficient (Wildman–Crippen LogP) is 9.46. The van der Waals surface area contributed by atoms with Crippen molar-refractivity contribution in [3.05, 3.63) is 122 Å². The highest BCUT2D eigenvalue weighted by molar-refractivity contribution is 6.33. The lowest BCUT2D eigenvalue weighted by Gasteiger charge is -2.12. The lowest BCUT2D eigenvalue weighted by Crippen LogP contribution is -2.07. The van der Waals surface area contributed by atoms with Crippen LogP contribution in [0.2, 0.25) is 15.1 Å². The number of benzene rings is 4. The predicted molar refractivity (Wildman–Crippen MR) is 140 cm³/mol. The molecule has 188 valence electrons. The fraction of sp³-hybridized carbons (Fsp3) is 0.107. The number of aromatic nitrogens is 2. The third kappa shape index (κ3) is 5.33. The molecule has 0 fully saturated rings. The van der Waals surface area contributed by atoms with Crippen molar-refractivity contribution in [2.24, 2.45) is 0 Å². The summed E-state index contributed by atoms with van der Waals surface area (Å²) >= 11 is 18.4. The molecule has 5 rings (SSSR count). The number of nitrogens with zero attached hydrogens (tertiary/aromatic N) is 2. The first-order chi connectivity index (χ1) is 17.6. The third-order valence-corrected chi connectivity index (χ3v) is 6.85. The zero-order valence-corrected chi connectivity index (χ0v) is 21.2. The minimum atomic E-state index is -4.60. The van der Waals surface area contributed by atoms with Gasteiger partial charge < -0.3 is 0 Å². The molecule has 1 aromatic heterocycles. The molecule has 0 amide bonds. The van der Waals surface area contributed by atoms with Crippen molar-refractivity contribution in [3.63, 3.8) is 0 Å². The minimum absolute atomic E-state index is 0.0886. The van der Waals surface area contributed by atoms with Gasteiger partial charge in [-0.1, -0.05) is 71.2 Å². The van der Waals surface area contributed by atoms with Gasteiger partial charge in [0.15, 0.2) is 0 Å². The van der Waals surface area contributed by atoms with Crippen LogP contribution < -0.4 is 0 Å². The van der Waals surface area contributed by atoms with Gasteiger partial charge in [0.25, 0.3) is 0 Å². The van der Waals surface area contributed by atoms with E-state index in [-0.39, 0.29) is 22.6 Å². The second kappa shape index (κ2) is 10.0. The number of rotatable bonds is 5. The minimum Gasteiger partial charge on any atom is -0.259 e. The van der Waals surface area contributed by atoms with Crippen LogP contribution in [0.4, 0.5) is 17.6 Å². The molecule has 0 saturated heterocycles. The average molecular weight is 564 g/mol. The molecule has 1 heterocycles. The molecule has 0 spiro atoms. The lowest BCUT2D eigenvalue weighted by molar-refractivity contribution is -0.136. The molecule has 2 nitrogen and oxygen atoms in total. The summed E-state index contributed by atoms with van der Waals surface area (Å²) in [4.78, 5) is 0. The molecule has 37 heavy (non-hydrogen) atoms. The number of halogens is 7. The van der Waals surface area contributed by atoms with Crippen LogP contribution in [0.3, 0.4) is 0 Å². The molecule has 0 radical (unpaired) electrons. The third-order valence-electron chi connectivity index (χ3n) is 6.01. The van der Waals surface area contributed by atoms with Gasteiger partial charge in [0, 0.05) is 31.6 Å². The number of hydrogen-bond donors (Lipinski definition) is 0. The van der Waals surface area contributed by atoms with Gasteiger partial charge in [0.2, 0.25) is 0 Å². The Labute approximate surface area is 225 Å². The van der Waals surface area contributed by atoms with E-state index in [0.717, 1.165) is 23.3 Å². The Morgan fingerprint density at radius 1 is 0.784 bits per heavy atom. The summed E-state index contributed by atoms with van der Waals surface area (Å²) < 4.78 is 57.5. The molecule has 0 unspecified atom stereocenters. The number of alkyl halides is 3. The van der Waals surface area contributed by atoms with Crippen LogP contribution in [0, 0.1) is 5.82 Å². The first-order valence-corrected chi connectivity index (χ1v) is 12.3. The zero-order chi connectivity index (χ0) is 26.3. The normalized spacial score (nSPS) is 11.9. The van der Waals surface area contributed by atoms with Crippen LogP contribution in [-0.2, 0) is 19.1 Å². The Balaban J connectivity index is 1.67. The number of hydrogen-bond acceptors (Lipinski definition) is 1. The van der Waals surface area contributed by atoms with Crippen molar-refractivity contribution in [1.82, 2.24) is 9.78 Å². The first-order valence-electron chi connectivity index (χ1n) is 11.1. The lowest BCUT2D eigenvalue weighted by atomic mass is 9.99. The molecule has 0 atom stereocenters. The maximum atomic E-state index is 14.6. The van der Waals surface area contributed by atoms with Crippen molar-refractivity contribution >= 4 is 45.7 Å². The van der Waals surface area contributed by atoms with E-state index in [2.05, 4.69) is 5.10 Å². The molecule has 0 N–H and O–H groups in total. The molecule has 5 aromatic rings. The highest BCUT2D eigenvalue weighted by Gasteiger charge is 2.34. The van der Waals surface area contributed by atoms with Gasteiger partial charge in [-0.05, 0) is 60.0 Å². The maximum absolute atomic E-state index is 14.6. The van der Waals surface area contributed by atoms with Crippen molar-refractivity contribution in [3.8, 4) is 11.3 Å². The summed E-state index contributed by atoms with van der Waals surface area (Å²) in [5.74, 6) is -0.571. The summed E-state index contributed by atoms with van der Waals surface area (Å²) in [6, 6.07) is 20.6. The Hall–Kier alpha value is -3.06. The van der Waals surface area contributed by atoms with E-state index >= 15 is 0 Å². The van der Waals surface area contributed by atoms with Crippen LogP contribution in [0.5, 0.6) is 0 Å². The van der Waals surface area contributed by atoms with Gasteiger partial charge in [0.1, 0.15) is 11.3 Å². The zero-order valence-electron chi connectivity index (χ0n) is 19.0. The maximum Gasteiger partial charge on any atom is 0.418 e. The van der Waals surface area contributed by atoms with Gasteiger partial charge in [0.05, 0.1) is 17.8 Å². The van der Waals surface area contributed by atoms with E-state index in [1.54, 1.807) is 30.3 Å². The van der Waals surface area contributed by atoms with Crippen molar-refractivity contribution in [2.75, 3.05) is 0 Å². The van der Waals surface area contributed by atoms with Crippen molar-refractivity contribution in [2.45, 2.75) is 19.1 Å². The second-order valence-corrected chi connectivity index (χ2v) is 9.83. The average Bonchev–Trinajstić information content (AvgIpc) is 3.20. The SMILES string of the molecule is Fc1cc(Cl)ccc1Cn1nc2c(C(F)(F)F)cccc2c1-c1cccc(Cc2cc(Cl)ccc2Cl)c1. The summed E-state index contributed by atoms with van der Waals surface area (Å²) in [7, 11) is 0. The van der Waals surface area contributed by atoms with E-state index in [4.69, 9.17) is 34.8 Å². The summed E-state index contributed by atoms with van der Waals surface area (Å²) in [5, 5.41) is 5.94. The highest BCUT2D eigenvalue weighted by atomic mass is 35.5. The Morgan fingerprint density at radius 2 is 1.51 bits per heavy atom. The van der Waals surface area contributed by atoms with Gasteiger partial charge in [-0.15, -0.1) is 0 Å². The molecule has 0 aliphatic carbocycles. The molecule has 9 heteroatoms. The monoisotopic (exact) mass is 562 g/mol. The van der Waals surface area contributed by atoms with Gasteiger partial charge in [-0.2, -0.15) is 18.3 Å². The molecule has 0 saturated carbocycles. The van der Waals surface area contributed by atoms with Crippen LogP contribution in [0.15, 0.2) is 78.9 Å². The molecular weight excluding hydrogens is 547 g/mol. The van der Waals surface area contributed by atoms with Crippen molar-refractivity contribution < 1.29 is 17.6 Å². The summed E-state index contributed by atoms with van der Waals surface area (Å²) in [6.45, 7) is -0.0886. The fourth-order valence-electron chi connectivity index (χ4n) is 4.34. The van der Waals surface area contributed by atoms with Crippen LogP contribution in [-0.4, -0.2) is 9.78 Å². The van der Waals surface area contributed by atoms with E-state index < -0.39 is 17.6 Å². The Kier molecular flexibility index (Phi) is 6.92. The van der Waals surface area contributed by atoms with Crippen LogP contribution in [0.1, 0.15) is 22.3 Å². The van der Waals surface area contributed by atoms with Crippen molar-refractivity contribution in [1.29, 1.82) is 0 Å². The smallest absolute Gasteiger partial charge is 0.259 e. The molecular formula is C28H17Cl3F4N2. The van der Waals surface area contributed by atoms with Gasteiger partial charge in [-0.25, -0.2) is 4.39 Å². The first kappa shape index (κ1) is 25.6. The van der Waals surface area contributed by atoms with E-state index in [1.165, 1.54) is 22.9 Å². The topological polar surface area (TPSA) is 17.8 Å². The molecule has 4 aromatic carbocycles. The van der Waals surface area contributed by atoms with Crippen LogP contribution >= 0.6 is 34.8 Å². The van der Waals surface area contributed by atoms with E-state index in [9.17, 15) is 17.6 Å². The van der Waals surface area contributed by atoms with E-state index in [0.29, 0.717) is 33.1 Å². The van der Waals surface area contributed by atoms with Gasteiger partial charge >= 0.3 is 6.18 Å². The highest BCUT2D eigenvalue weighted by Crippen LogP contribution is 2.38. The van der Waals surface area contributed by atoms with E-state index in [1.807, 2.05) is 18.2 Å². The quantitative estimate of drug-likeness (QED) is 0.195. The Morgan fingerprint density at radius 3 is 2.27 bits per heavy atom. The molecule has 0 aliphatic rings. The van der Waals surface area contributed by atoms with Gasteiger partial charge in [-0.3, -0.25) is 4.68 Å². The Bertz CT molecular complexity index is 1630. The second-order valence-electron chi connectivity index (χ2n) is 8.55. The molecule has 0 aliphatic heterocycles. The standard InChI is InChI=1S/C28H17Cl3F4N2/c29-20-9-10-24(31)19(13-20)12-16-3-1-4-17(11-16)27-22-5-2-6-23(28(33,34)35)26(22)36-37(27)15-18-7-8-21(30)14-25(18)32/h1-11,13-14H,12,15H2. The largest absolute Gasteiger partial charge is 0.418 e. The summed E-state index contributed by atoms with van der Waals surface area (Å²) in [5.41, 5.74) is 1.93. The molecule has 0 bridgehead atoms. The number of fused-ring (bicyclic) bond motifs is 1. The summed E-state index contributed by atoms with van der Waals surface area (Å²) in [6.07, 6.45) is -4.15. The van der Waals surface area contributed by atoms with Crippen LogP contribution in [0.25, 0.3) is 22.2 Å². The fourth-order valence-corrected chi connectivity index (χ4v) is 4.88.